The van der Waals surface area contributed by atoms with Gasteiger partial charge in [-0.3, -0.25) is 4.79 Å². The molecule has 1 amide bonds. The van der Waals surface area contributed by atoms with Gasteiger partial charge in [-0.2, -0.15) is 0 Å². The molecule has 1 aromatic carbocycles. The molecule has 0 saturated carbocycles. The van der Waals surface area contributed by atoms with Crippen molar-refractivity contribution in [2.24, 2.45) is 5.73 Å². The summed E-state index contributed by atoms with van der Waals surface area (Å²) in [7, 11) is 0. The molecule has 0 fully saturated rings. The van der Waals surface area contributed by atoms with Crippen LogP contribution in [0.4, 0.5) is 0 Å². The van der Waals surface area contributed by atoms with E-state index in [4.69, 9.17) is 17.3 Å². The van der Waals surface area contributed by atoms with Crippen molar-refractivity contribution in [3.8, 4) is 0 Å². The lowest BCUT2D eigenvalue weighted by molar-refractivity contribution is -0.131. The molecule has 0 aromatic heterocycles. The Kier molecular flexibility index (Phi) is 3.46. The summed E-state index contributed by atoms with van der Waals surface area (Å²) in [6.07, 6.45) is 1.27. The largest absolute Gasteiger partial charge is 0.338 e. The van der Waals surface area contributed by atoms with Gasteiger partial charge in [0.25, 0.3) is 0 Å². The van der Waals surface area contributed by atoms with Crippen molar-refractivity contribution in [2.75, 3.05) is 13.1 Å². The van der Waals surface area contributed by atoms with E-state index in [1.165, 1.54) is 5.56 Å². The van der Waals surface area contributed by atoms with Crippen LogP contribution in [-0.2, 0) is 17.8 Å². The van der Waals surface area contributed by atoms with Crippen LogP contribution in [0.5, 0.6) is 0 Å². The Balaban J connectivity index is 2.15. The smallest absolute Gasteiger partial charge is 0.224 e. The number of fused-ring (bicyclic) bond motifs is 1. The lowest BCUT2D eigenvalue weighted by Gasteiger charge is -2.29. The summed E-state index contributed by atoms with van der Waals surface area (Å²) in [5.74, 6) is 0.133. The van der Waals surface area contributed by atoms with Crippen LogP contribution in [0, 0.1) is 0 Å². The summed E-state index contributed by atoms with van der Waals surface area (Å²) in [5, 5.41) is 0.809. The van der Waals surface area contributed by atoms with Gasteiger partial charge >= 0.3 is 0 Å². The van der Waals surface area contributed by atoms with Crippen molar-refractivity contribution in [3.63, 3.8) is 0 Å². The van der Waals surface area contributed by atoms with Gasteiger partial charge in [0.05, 0.1) is 0 Å². The summed E-state index contributed by atoms with van der Waals surface area (Å²) in [6, 6.07) is 5.86. The number of nitrogens with zero attached hydrogens (tertiary/aromatic N) is 1. The molecule has 1 aliphatic rings. The second kappa shape index (κ2) is 4.85. The average molecular weight is 239 g/mol. The minimum absolute atomic E-state index is 0.133. The Hall–Kier alpha value is -1.06. The number of hydrogen-bond acceptors (Lipinski definition) is 2. The number of benzene rings is 1. The van der Waals surface area contributed by atoms with Gasteiger partial charge in [0.2, 0.25) is 5.91 Å². The lowest BCUT2D eigenvalue weighted by atomic mass is 9.99. The predicted molar refractivity (Wildman–Crippen MR) is 64.2 cm³/mol. The first-order chi connectivity index (χ1) is 7.72. The van der Waals surface area contributed by atoms with Crippen LogP contribution < -0.4 is 5.73 Å². The third kappa shape index (κ3) is 2.20. The predicted octanol–water partition coefficient (Wildman–Crippen LogP) is 1.57. The molecule has 0 unspecified atom stereocenters. The SMILES string of the molecule is NCCC(=O)N1CCc2c(Cl)cccc2C1. The van der Waals surface area contributed by atoms with Crippen LogP contribution in [-0.4, -0.2) is 23.9 Å². The lowest BCUT2D eigenvalue weighted by Crippen LogP contribution is -2.36. The molecule has 0 aliphatic carbocycles. The summed E-state index contributed by atoms with van der Waals surface area (Å²) in [5.41, 5.74) is 7.72. The molecule has 3 nitrogen and oxygen atoms in total. The van der Waals surface area contributed by atoms with E-state index in [2.05, 4.69) is 0 Å². The quantitative estimate of drug-likeness (QED) is 0.850. The van der Waals surface area contributed by atoms with Gasteiger partial charge in [-0.1, -0.05) is 23.7 Å². The molecule has 16 heavy (non-hydrogen) atoms. The van der Waals surface area contributed by atoms with Crippen molar-refractivity contribution < 1.29 is 4.79 Å². The van der Waals surface area contributed by atoms with Gasteiger partial charge in [-0.15, -0.1) is 0 Å². The highest BCUT2D eigenvalue weighted by Gasteiger charge is 2.21. The third-order valence-electron chi connectivity index (χ3n) is 2.92. The number of hydrogen-bond donors (Lipinski definition) is 1. The van der Waals surface area contributed by atoms with Crippen LogP contribution in [0.3, 0.4) is 0 Å². The van der Waals surface area contributed by atoms with Gasteiger partial charge in [0.15, 0.2) is 0 Å². The highest BCUT2D eigenvalue weighted by molar-refractivity contribution is 6.31. The van der Waals surface area contributed by atoms with Crippen LogP contribution in [0.2, 0.25) is 5.02 Å². The zero-order chi connectivity index (χ0) is 11.5. The van der Waals surface area contributed by atoms with E-state index >= 15 is 0 Å². The Bertz CT molecular complexity index is 406. The third-order valence-corrected chi connectivity index (χ3v) is 3.27. The maximum atomic E-state index is 11.7. The Morgan fingerprint density at radius 3 is 3.06 bits per heavy atom. The fourth-order valence-electron chi connectivity index (χ4n) is 2.06. The number of carbonyl (C=O) groups excluding carboxylic acids is 1. The van der Waals surface area contributed by atoms with E-state index in [0.717, 1.165) is 23.6 Å². The molecule has 0 atom stereocenters. The van der Waals surface area contributed by atoms with E-state index in [9.17, 15) is 4.79 Å². The van der Waals surface area contributed by atoms with Gasteiger partial charge in [0.1, 0.15) is 0 Å². The maximum absolute atomic E-state index is 11.7. The van der Waals surface area contributed by atoms with Gasteiger partial charge in [-0.25, -0.2) is 0 Å². The Morgan fingerprint density at radius 1 is 1.50 bits per heavy atom. The monoisotopic (exact) mass is 238 g/mol. The number of rotatable bonds is 2. The van der Waals surface area contributed by atoms with Crippen molar-refractivity contribution >= 4 is 17.5 Å². The molecule has 0 bridgehead atoms. The van der Waals surface area contributed by atoms with E-state index in [1.54, 1.807) is 0 Å². The highest BCUT2D eigenvalue weighted by Crippen LogP contribution is 2.25. The second-order valence-electron chi connectivity index (χ2n) is 3.98. The molecule has 2 rings (SSSR count). The first kappa shape index (κ1) is 11.4. The molecular formula is C12H15ClN2O. The molecular weight excluding hydrogens is 224 g/mol. The molecule has 4 heteroatoms. The standard InChI is InChI=1S/C12H15ClN2O/c13-11-3-1-2-9-8-15(7-5-10(9)11)12(16)4-6-14/h1-3H,4-8,14H2. The maximum Gasteiger partial charge on any atom is 0.224 e. The normalized spacial score (nSPS) is 14.8. The molecule has 0 saturated heterocycles. The molecule has 1 heterocycles. The van der Waals surface area contributed by atoms with Gasteiger partial charge in [0, 0.05) is 31.1 Å². The summed E-state index contributed by atoms with van der Waals surface area (Å²) < 4.78 is 0. The summed E-state index contributed by atoms with van der Waals surface area (Å²) in [6.45, 7) is 1.82. The molecule has 0 radical (unpaired) electrons. The fraction of sp³-hybridized carbons (Fsp3) is 0.417. The molecule has 1 aromatic rings. The molecule has 2 N–H and O–H groups in total. The van der Waals surface area contributed by atoms with E-state index < -0.39 is 0 Å². The van der Waals surface area contributed by atoms with Gasteiger partial charge in [-0.05, 0) is 23.6 Å². The fourth-order valence-corrected chi connectivity index (χ4v) is 2.35. The van der Waals surface area contributed by atoms with Crippen LogP contribution in [0.25, 0.3) is 0 Å². The highest BCUT2D eigenvalue weighted by atomic mass is 35.5. The molecule has 0 spiro atoms. The van der Waals surface area contributed by atoms with Gasteiger partial charge < -0.3 is 10.6 Å². The number of halogens is 1. The first-order valence-electron chi connectivity index (χ1n) is 5.46. The second-order valence-corrected chi connectivity index (χ2v) is 4.39. The molecule has 86 valence electrons. The zero-order valence-corrected chi connectivity index (χ0v) is 9.83. The van der Waals surface area contributed by atoms with Crippen molar-refractivity contribution in [3.05, 3.63) is 34.3 Å². The average Bonchev–Trinajstić information content (AvgIpc) is 2.29. The minimum atomic E-state index is 0.133. The van der Waals surface area contributed by atoms with Crippen molar-refractivity contribution in [1.82, 2.24) is 4.90 Å². The minimum Gasteiger partial charge on any atom is -0.338 e. The topological polar surface area (TPSA) is 46.3 Å². The first-order valence-corrected chi connectivity index (χ1v) is 5.84. The summed E-state index contributed by atoms with van der Waals surface area (Å²) in [4.78, 5) is 13.6. The summed E-state index contributed by atoms with van der Waals surface area (Å²) >= 11 is 6.11. The van der Waals surface area contributed by atoms with Crippen LogP contribution in [0.15, 0.2) is 18.2 Å². The van der Waals surface area contributed by atoms with E-state index in [-0.39, 0.29) is 5.91 Å². The zero-order valence-electron chi connectivity index (χ0n) is 9.08. The number of carbonyl (C=O) groups is 1. The van der Waals surface area contributed by atoms with Crippen molar-refractivity contribution in [2.45, 2.75) is 19.4 Å². The van der Waals surface area contributed by atoms with Crippen LogP contribution >= 0.6 is 11.6 Å². The van der Waals surface area contributed by atoms with Crippen LogP contribution in [0.1, 0.15) is 17.5 Å². The van der Waals surface area contributed by atoms with Crippen molar-refractivity contribution in [1.29, 1.82) is 0 Å². The Morgan fingerprint density at radius 2 is 2.31 bits per heavy atom. The molecule has 1 aliphatic heterocycles. The van der Waals surface area contributed by atoms with E-state index in [1.807, 2.05) is 23.1 Å². The number of nitrogens with two attached hydrogens (primary N) is 1. The Labute approximate surface area is 100 Å². The van der Waals surface area contributed by atoms with E-state index in [0.29, 0.717) is 19.5 Å². The number of amides is 1.